The predicted octanol–water partition coefficient (Wildman–Crippen LogP) is 3.11. The summed E-state index contributed by atoms with van der Waals surface area (Å²) in [5.74, 6) is -0.566. The van der Waals surface area contributed by atoms with Gasteiger partial charge in [0.05, 0.1) is 12.1 Å². The van der Waals surface area contributed by atoms with E-state index in [9.17, 15) is 23.1 Å². The number of amides is 1. The number of aliphatic hydroxyl groups excluding tert-OH is 1. The molecule has 1 heterocycles. The van der Waals surface area contributed by atoms with Crippen LogP contribution in [0.25, 0.3) is 0 Å². The van der Waals surface area contributed by atoms with Crippen LogP contribution in [0.3, 0.4) is 0 Å². The van der Waals surface area contributed by atoms with Gasteiger partial charge >= 0.3 is 6.61 Å². The fourth-order valence-corrected chi connectivity index (χ4v) is 3.53. The quantitative estimate of drug-likeness (QED) is 0.665. The molecular weight excluding hydrogens is 411 g/mol. The van der Waals surface area contributed by atoms with Crippen LogP contribution in [0.1, 0.15) is 18.6 Å². The van der Waals surface area contributed by atoms with Gasteiger partial charge in [0.1, 0.15) is 11.6 Å². The van der Waals surface area contributed by atoms with Gasteiger partial charge in [0.25, 0.3) is 0 Å². The summed E-state index contributed by atoms with van der Waals surface area (Å²) < 4.78 is 42.1. The van der Waals surface area contributed by atoms with E-state index in [0.717, 1.165) is 0 Å². The SMILES string of the molecule is CC(C(=O)Nc1cccc(F)c1)N1CCN(CC(O)c2ccc(OC(F)F)cc2)CC1. The Kier molecular flexibility index (Phi) is 7.89. The monoisotopic (exact) mass is 437 g/mol. The highest BCUT2D eigenvalue weighted by molar-refractivity contribution is 5.94. The van der Waals surface area contributed by atoms with Gasteiger partial charge in [-0.15, -0.1) is 0 Å². The summed E-state index contributed by atoms with van der Waals surface area (Å²) in [7, 11) is 0. The first-order valence-corrected chi connectivity index (χ1v) is 10.1. The Morgan fingerprint density at radius 3 is 2.42 bits per heavy atom. The molecule has 168 valence electrons. The molecule has 0 bridgehead atoms. The van der Waals surface area contributed by atoms with Crippen molar-refractivity contribution in [3.8, 4) is 5.75 Å². The summed E-state index contributed by atoms with van der Waals surface area (Å²) in [5.41, 5.74) is 1.04. The molecule has 0 aromatic heterocycles. The second-order valence-corrected chi connectivity index (χ2v) is 7.48. The van der Waals surface area contributed by atoms with E-state index in [2.05, 4.69) is 15.0 Å². The van der Waals surface area contributed by atoms with Crippen LogP contribution < -0.4 is 10.1 Å². The number of anilines is 1. The molecule has 0 spiro atoms. The average molecular weight is 437 g/mol. The van der Waals surface area contributed by atoms with Crippen molar-refractivity contribution in [2.45, 2.75) is 25.7 Å². The van der Waals surface area contributed by atoms with Crippen molar-refractivity contribution in [1.29, 1.82) is 0 Å². The average Bonchev–Trinajstić information content (AvgIpc) is 2.74. The van der Waals surface area contributed by atoms with Crippen LogP contribution in [0.4, 0.5) is 18.9 Å². The van der Waals surface area contributed by atoms with Crippen LogP contribution in [-0.2, 0) is 4.79 Å². The molecule has 0 aliphatic carbocycles. The molecule has 2 aromatic carbocycles. The largest absolute Gasteiger partial charge is 0.435 e. The predicted molar refractivity (Wildman–Crippen MR) is 111 cm³/mol. The number of hydrogen-bond acceptors (Lipinski definition) is 5. The van der Waals surface area contributed by atoms with Crippen LogP contribution in [0, 0.1) is 5.82 Å². The minimum atomic E-state index is -2.88. The molecule has 1 fully saturated rings. The van der Waals surface area contributed by atoms with Gasteiger partial charge in [-0.2, -0.15) is 8.78 Å². The number of aliphatic hydroxyl groups is 1. The third kappa shape index (κ3) is 6.68. The zero-order chi connectivity index (χ0) is 22.4. The minimum absolute atomic E-state index is 0.0464. The fraction of sp³-hybridized carbons (Fsp3) is 0.409. The zero-order valence-electron chi connectivity index (χ0n) is 17.2. The van der Waals surface area contributed by atoms with Crippen molar-refractivity contribution in [3.05, 3.63) is 59.9 Å². The van der Waals surface area contributed by atoms with Crippen molar-refractivity contribution < 1.29 is 27.8 Å². The van der Waals surface area contributed by atoms with Crippen molar-refractivity contribution in [3.63, 3.8) is 0 Å². The standard InChI is InChI=1S/C22H26F3N3O3/c1-15(21(30)26-18-4-2-3-17(23)13-18)28-11-9-27(10-12-28)14-20(29)16-5-7-19(8-6-16)31-22(24)25/h2-8,13,15,20,22,29H,9-12,14H2,1H3,(H,26,30). The number of halogens is 3. The fourth-order valence-electron chi connectivity index (χ4n) is 3.53. The molecule has 1 aliphatic heterocycles. The van der Waals surface area contributed by atoms with Crippen molar-refractivity contribution in [2.75, 3.05) is 38.0 Å². The van der Waals surface area contributed by atoms with Crippen molar-refractivity contribution in [2.24, 2.45) is 0 Å². The summed E-state index contributed by atoms with van der Waals surface area (Å²) in [6, 6.07) is 11.3. The van der Waals surface area contributed by atoms with Gasteiger partial charge < -0.3 is 15.2 Å². The molecule has 2 unspecified atom stereocenters. The number of piperazine rings is 1. The molecule has 0 saturated carbocycles. The highest BCUT2D eigenvalue weighted by Crippen LogP contribution is 2.21. The molecule has 3 rings (SSSR count). The number of alkyl halides is 2. The van der Waals surface area contributed by atoms with Gasteiger partial charge in [-0.3, -0.25) is 14.6 Å². The van der Waals surface area contributed by atoms with E-state index in [0.29, 0.717) is 44.0 Å². The van der Waals surface area contributed by atoms with E-state index in [1.165, 1.54) is 24.3 Å². The molecule has 1 amide bonds. The third-order valence-electron chi connectivity index (χ3n) is 5.35. The van der Waals surface area contributed by atoms with E-state index in [-0.39, 0.29) is 17.7 Å². The van der Waals surface area contributed by atoms with E-state index >= 15 is 0 Å². The molecule has 31 heavy (non-hydrogen) atoms. The van der Waals surface area contributed by atoms with E-state index < -0.39 is 18.5 Å². The molecule has 1 aliphatic rings. The lowest BCUT2D eigenvalue weighted by atomic mass is 10.1. The molecule has 2 atom stereocenters. The number of nitrogens with one attached hydrogen (secondary N) is 1. The Morgan fingerprint density at radius 2 is 1.81 bits per heavy atom. The number of β-amino-alcohol motifs (C(OH)–C–C–N with tert-alkyl or cyclic N) is 1. The lowest BCUT2D eigenvalue weighted by Gasteiger charge is -2.38. The number of nitrogens with zero attached hydrogens (tertiary/aromatic N) is 2. The maximum absolute atomic E-state index is 13.3. The smallest absolute Gasteiger partial charge is 0.387 e. The summed E-state index contributed by atoms with van der Waals surface area (Å²) in [5, 5.41) is 13.2. The Labute approximate surface area is 179 Å². The number of benzene rings is 2. The maximum Gasteiger partial charge on any atom is 0.387 e. The molecule has 9 heteroatoms. The van der Waals surface area contributed by atoms with Crippen LogP contribution in [0.5, 0.6) is 5.75 Å². The van der Waals surface area contributed by atoms with Crippen molar-refractivity contribution >= 4 is 11.6 Å². The second-order valence-electron chi connectivity index (χ2n) is 7.48. The number of hydrogen-bond donors (Lipinski definition) is 2. The first-order chi connectivity index (χ1) is 14.8. The van der Waals surface area contributed by atoms with Gasteiger partial charge in [0, 0.05) is 38.4 Å². The topological polar surface area (TPSA) is 65.0 Å². The van der Waals surface area contributed by atoms with Crippen LogP contribution in [0.15, 0.2) is 48.5 Å². The normalized spacial score (nSPS) is 17.4. The second kappa shape index (κ2) is 10.6. The Balaban J connectivity index is 1.45. The number of rotatable bonds is 8. The number of carbonyl (C=O) groups is 1. The number of ether oxygens (including phenoxy) is 1. The molecule has 2 aromatic rings. The summed E-state index contributed by atoms with van der Waals surface area (Å²) in [6.45, 7) is 1.94. The molecular formula is C22H26F3N3O3. The Bertz CT molecular complexity index is 859. The summed E-state index contributed by atoms with van der Waals surface area (Å²) in [4.78, 5) is 16.6. The zero-order valence-corrected chi connectivity index (χ0v) is 17.2. The van der Waals surface area contributed by atoms with Crippen molar-refractivity contribution in [1.82, 2.24) is 9.80 Å². The van der Waals surface area contributed by atoms with Gasteiger partial charge in [0.2, 0.25) is 5.91 Å². The first kappa shape index (κ1) is 23.1. The third-order valence-corrected chi connectivity index (χ3v) is 5.35. The van der Waals surface area contributed by atoms with Crippen LogP contribution in [-0.4, -0.2) is 66.2 Å². The van der Waals surface area contributed by atoms with Gasteiger partial charge in [-0.05, 0) is 42.8 Å². The lowest BCUT2D eigenvalue weighted by Crippen LogP contribution is -2.53. The van der Waals surface area contributed by atoms with E-state index in [1.807, 2.05) is 11.8 Å². The van der Waals surface area contributed by atoms with Crippen LogP contribution >= 0.6 is 0 Å². The van der Waals surface area contributed by atoms with Gasteiger partial charge in [-0.1, -0.05) is 18.2 Å². The first-order valence-electron chi connectivity index (χ1n) is 10.1. The highest BCUT2D eigenvalue weighted by Gasteiger charge is 2.26. The summed E-state index contributed by atoms with van der Waals surface area (Å²) in [6.07, 6.45) is -0.763. The lowest BCUT2D eigenvalue weighted by molar-refractivity contribution is -0.121. The van der Waals surface area contributed by atoms with Gasteiger partial charge in [0.15, 0.2) is 0 Å². The Morgan fingerprint density at radius 1 is 1.13 bits per heavy atom. The minimum Gasteiger partial charge on any atom is -0.435 e. The maximum atomic E-state index is 13.3. The van der Waals surface area contributed by atoms with E-state index in [1.54, 1.807) is 24.3 Å². The molecule has 6 nitrogen and oxygen atoms in total. The summed E-state index contributed by atoms with van der Waals surface area (Å²) >= 11 is 0. The van der Waals surface area contributed by atoms with Crippen LogP contribution in [0.2, 0.25) is 0 Å². The number of carbonyl (C=O) groups excluding carboxylic acids is 1. The molecule has 0 radical (unpaired) electrons. The van der Waals surface area contributed by atoms with E-state index in [4.69, 9.17) is 0 Å². The molecule has 2 N–H and O–H groups in total. The highest BCUT2D eigenvalue weighted by atomic mass is 19.3. The Hall–Kier alpha value is -2.62. The molecule has 1 saturated heterocycles. The van der Waals surface area contributed by atoms with Gasteiger partial charge in [-0.25, -0.2) is 4.39 Å².